The zero-order valence-electron chi connectivity index (χ0n) is 18.7. The number of nitrogens with zero attached hydrogens (tertiary/aromatic N) is 2. The lowest BCUT2D eigenvalue weighted by Gasteiger charge is -2.49. The van der Waals surface area contributed by atoms with Gasteiger partial charge in [-0.25, -0.2) is 0 Å². The van der Waals surface area contributed by atoms with E-state index in [-0.39, 0.29) is 23.1 Å². The second-order valence-electron chi connectivity index (χ2n) is 9.62. The molecule has 1 N–H and O–H groups in total. The van der Waals surface area contributed by atoms with Gasteiger partial charge in [-0.15, -0.1) is 0 Å². The Hall–Kier alpha value is -2.86. The number of hydrogen-bond donors (Lipinski definition) is 1. The standard InChI is InChI=1S/C26H28ClN3O3/c1-25(15-22(29-33-25)19-9-5-6-10-21(19)27)24(32)30-13-11-26(12-14-30)16-23(31)28-17-20(26)18-7-3-2-4-8-18/h2-10,20H,11-17H2,1H3,(H,28,31)/t20-,25-/m0/s1. The molecular formula is C26H28ClN3O3. The molecule has 2 aromatic carbocycles. The van der Waals surface area contributed by atoms with Crippen LogP contribution in [0, 0.1) is 5.41 Å². The summed E-state index contributed by atoms with van der Waals surface area (Å²) in [5.41, 5.74) is 1.57. The Morgan fingerprint density at radius 3 is 2.52 bits per heavy atom. The third-order valence-electron chi connectivity index (χ3n) is 7.50. The molecule has 6 nitrogen and oxygen atoms in total. The molecule has 3 aliphatic heterocycles. The molecule has 2 fully saturated rings. The van der Waals surface area contributed by atoms with Crippen LogP contribution in [0.15, 0.2) is 59.8 Å². The van der Waals surface area contributed by atoms with Gasteiger partial charge in [0, 0.05) is 49.0 Å². The number of hydrogen-bond acceptors (Lipinski definition) is 4. The van der Waals surface area contributed by atoms with Crippen molar-refractivity contribution in [2.75, 3.05) is 19.6 Å². The molecule has 0 saturated carbocycles. The highest BCUT2D eigenvalue weighted by Gasteiger charge is 2.50. The highest BCUT2D eigenvalue weighted by Crippen LogP contribution is 2.49. The number of rotatable bonds is 3. The maximum Gasteiger partial charge on any atom is 0.269 e. The molecule has 0 aromatic heterocycles. The molecule has 3 heterocycles. The average molecular weight is 466 g/mol. The minimum Gasteiger partial charge on any atom is -0.379 e. The van der Waals surface area contributed by atoms with Crippen LogP contribution in [0.1, 0.15) is 49.7 Å². The highest BCUT2D eigenvalue weighted by molar-refractivity contribution is 6.34. The molecule has 33 heavy (non-hydrogen) atoms. The largest absolute Gasteiger partial charge is 0.379 e. The monoisotopic (exact) mass is 465 g/mol. The molecule has 0 bridgehead atoms. The van der Waals surface area contributed by atoms with E-state index in [0.717, 1.165) is 18.4 Å². The van der Waals surface area contributed by atoms with Crippen LogP contribution in [-0.2, 0) is 14.4 Å². The predicted octanol–water partition coefficient (Wildman–Crippen LogP) is 4.14. The number of oxime groups is 1. The lowest BCUT2D eigenvalue weighted by Crippen LogP contribution is -2.56. The van der Waals surface area contributed by atoms with E-state index >= 15 is 0 Å². The fraction of sp³-hybridized carbons (Fsp3) is 0.423. The third-order valence-corrected chi connectivity index (χ3v) is 7.83. The number of halogens is 1. The number of likely N-dealkylation sites (tertiary alicyclic amines) is 1. The Kier molecular flexibility index (Phi) is 5.65. The SMILES string of the molecule is C[C@@]1(C(=O)N2CCC3(CC2)CC(=O)NC[C@H]3c2ccccc2)CC(c2ccccc2Cl)=NO1. The Morgan fingerprint density at radius 1 is 1.09 bits per heavy atom. The molecule has 2 atom stereocenters. The Bertz CT molecular complexity index is 1090. The first kappa shape index (κ1) is 22.0. The topological polar surface area (TPSA) is 71.0 Å². The minimum atomic E-state index is -1.04. The van der Waals surface area contributed by atoms with Crippen LogP contribution in [-0.4, -0.2) is 47.7 Å². The molecule has 5 rings (SSSR count). The summed E-state index contributed by atoms with van der Waals surface area (Å²) in [6, 6.07) is 17.9. The van der Waals surface area contributed by atoms with Crippen LogP contribution in [0.5, 0.6) is 0 Å². The van der Waals surface area contributed by atoms with Crippen LogP contribution in [0.4, 0.5) is 0 Å². The predicted molar refractivity (Wildman–Crippen MR) is 127 cm³/mol. The average Bonchev–Trinajstić information content (AvgIpc) is 3.23. The van der Waals surface area contributed by atoms with Crippen molar-refractivity contribution in [1.29, 1.82) is 0 Å². The third kappa shape index (κ3) is 4.01. The molecule has 0 radical (unpaired) electrons. The Morgan fingerprint density at radius 2 is 1.79 bits per heavy atom. The molecule has 2 amide bonds. The van der Waals surface area contributed by atoms with Gasteiger partial charge in [-0.2, -0.15) is 0 Å². The van der Waals surface area contributed by atoms with E-state index in [2.05, 4.69) is 22.6 Å². The van der Waals surface area contributed by atoms with E-state index in [1.165, 1.54) is 5.56 Å². The summed E-state index contributed by atoms with van der Waals surface area (Å²) in [6.45, 7) is 3.66. The van der Waals surface area contributed by atoms with Crippen LogP contribution in [0.2, 0.25) is 5.02 Å². The number of nitrogens with one attached hydrogen (secondary N) is 1. The quantitative estimate of drug-likeness (QED) is 0.740. The molecule has 0 aliphatic carbocycles. The van der Waals surface area contributed by atoms with Crippen molar-refractivity contribution in [3.05, 3.63) is 70.7 Å². The molecule has 1 spiro atoms. The smallest absolute Gasteiger partial charge is 0.269 e. The van der Waals surface area contributed by atoms with Gasteiger partial charge in [-0.05, 0) is 36.8 Å². The van der Waals surface area contributed by atoms with E-state index in [1.54, 1.807) is 6.92 Å². The molecule has 7 heteroatoms. The number of carbonyl (C=O) groups is 2. The van der Waals surface area contributed by atoms with Gasteiger partial charge in [0.05, 0.1) is 5.71 Å². The zero-order valence-corrected chi connectivity index (χ0v) is 19.5. The summed E-state index contributed by atoms with van der Waals surface area (Å²) in [4.78, 5) is 33.4. The van der Waals surface area contributed by atoms with Gasteiger partial charge in [0.25, 0.3) is 5.91 Å². The van der Waals surface area contributed by atoms with Crippen molar-refractivity contribution < 1.29 is 14.4 Å². The Labute approximate surface area is 198 Å². The van der Waals surface area contributed by atoms with E-state index in [0.29, 0.717) is 43.2 Å². The lowest BCUT2D eigenvalue weighted by atomic mass is 9.62. The molecular weight excluding hydrogens is 438 g/mol. The maximum absolute atomic E-state index is 13.5. The second kappa shape index (κ2) is 8.49. The van der Waals surface area contributed by atoms with Crippen molar-refractivity contribution in [2.24, 2.45) is 10.6 Å². The summed E-state index contributed by atoms with van der Waals surface area (Å²) in [5.74, 6) is 0.299. The first-order chi connectivity index (χ1) is 15.9. The van der Waals surface area contributed by atoms with Gasteiger partial charge in [-0.3, -0.25) is 9.59 Å². The molecule has 2 saturated heterocycles. The summed E-state index contributed by atoms with van der Waals surface area (Å²) in [6.07, 6.45) is 2.47. The maximum atomic E-state index is 13.5. The van der Waals surface area contributed by atoms with Crippen molar-refractivity contribution >= 4 is 29.1 Å². The van der Waals surface area contributed by atoms with Crippen molar-refractivity contribution in [3.63, 3.8) is 0 Å². The molecule has 0 unspecified atom stereocenters. The van der Waals surface area contributed by atoms with Crippen LogP contribution in [0.25, 0.3) is 0 Å². The summed E-state index contributed by atoms with van der Waals surface area (Å²) in [5, 5.41) is 7.86. The second-order valence-corrected chi connectivity index (χ2v) is 10.0. The van der Waals surface area contributed by atoms with E-state index in [9.17, 15) is 9.59 Å². The fourth-order valence-corrected chi connectivity index (χ4v) is 5.85. The van der Waals surface area contributed by atoms with Gasteiger partial charge in [-0.1, -0.05) is 65.3 Å². The van der Waals surface area contributed by atoms with Crippen molar-refractivity contribution in [2.45, 2.75) is 44.1 Å². The summed E-state index contributed by atoms with van der Waals surface area (Å²) >= 11 is 6.32. The molecule has 2 aromatic rings. The Balaban J connectivity index is 1.29. The first-order valence-electron chi connectivity index (χ1n) is 11.5. The van der Waals surface area contributed by atoms with Crippen molar-refractivity contribution in [1.82, 2.24) is 10.2 Å². The highest BCUT2D eigenvalue weighted by atomic mass is 35.5. The number of carbonyl (C=O) groups excluding carboxylic acids is 2. The number of amides is 2. The van der Waals surface area contributed by atoms with E-state index in [1.807, 2.05) is 47.4 Å². The number of benzene rings is 2. The zero-order chi connectivity index (χ0) is 23.1. The van der Waals surface area contributed by atoms with Gasteiger partial charge in [0.15, 0.2) is 0 Å². The molecule has 3 aliphatic rings. The van der Waals surface area contributed by atoms with Crippen LogP contribution < -0.4 is 5.32 Å². The minimum absolute atomic E-state index is 0.0559. The van der Waals surface area contributed by atoms with Gasteiger partial charge >= 0.3 is 0 Å². The summed E-state index contributed by atoms with van der Waals surface area (Å²) in [7, 11) is 0. The van der Waals surface area contributed by atoms with Crippen molar-refractivity contribution in [3.8, 4) is 0 Å². The number of piperidine rings is 2. The van der Waals surface area contributed by atoms with Crippen LogP contribution >= 0.6 is 11.6 Å². The van der Waals surface area contributed by atoms with Gasteiger partial charge < -0.3 is 15.1 Å². The van der Waals surface area contributed by atoms with Gasteiger partial charge in [0.2, 0.25) is 11.5 Å². The summed E-state index contributed by atoms with van der Waals surface area (Å²) < 4.78 is 0. The van der Waals surface area contributed by atoms with E-state index < -0.39 is 5.60 Å². The molecule has 172 valence electrons. The van der Waals surface area contributed by atoms with Crippen LogP contribution in [0.3, 0.4) is 0 Å². The van der Waals surface area contributed by atoms with E-state index in [4.69, 9.17) is 16.4 Å². The fourth-order valence-electron chi connectivity index (χ4n) is 5.60. The first-order valence-corrected chi connectivity index (χ1v) is 11.9. The lowest BCUT2D eigenvalue weighted by molar-refractivity contribution is -0.156. The van der Waals surface area contributed by atoms with Gasteiger partial charge in [0.1, 0.15) is 0 Å². The normalized spacial score (nSPS) is 26.5.